The Balaban J connectivity index is 0. The van der Waals surface area contributed by atoms with Crippen molar-refractivity contribution in [1.29, 1.82) is 0 Å². The van der Waals surface area contributed by atoms with Crippen molar-refractivity contribution in [1.82, 2.24) is 14.7 Å². The van der Waals surface area contributed by atoms with E-state index in [-0.39, 0.29) is 12.2 Å². The number of hydrogen-bond donors (Lipinski definition) is 0. The summed E-state index contributed by atoms with van der Waals surface area (Å²) in [5.41, 5.74) is 0. The summed E-state index contributed by atoms with van der Waals surface area (Å²) >= 11 is 0. The van der Waals surface area contributed by atoms with Gasteiger partial charge in [0.25, 0.3) is 0 Å². The quantitative estimate of drug-likeness (QED) is 0.121. The lowest BCUT2D eigenvalue weighted by Gasteiger charge is -2.21. The van der Waals surface area contributed by atoms with E-state index in [4.69, 9.17) is 14.2 Å². The fraction of sp³-hybridized carbons (Fsp3) is 0.462. The maximum absolute atomic E-state index is 11.8. The third-order valence-electron chi connectivity index (χ3n) is 6.35. The largest absolute Gasteiger partial charge is 0.449 e. The van der Waals surface area contributed by atoms with Crippen LogP contribution in [0.4, 0.5) is 14.4 Å². The molecule has 1 aromatic rings. The summed E-state index contributed by atoms with van der Waals surface area (Å²) in [6, 6.07) is 8.96. The van der Waals surface area contributed by atoms with Gasteiger partial charge in [-0.1, -0.05) is 102 Å². The first-order valence-electron chi connectivity index (χ1n) is 16.6. The summed E-state index contributed by atoms with van der Waals surface area (Å²) in [5.74, 6) is 1.36. The highest BCUT2D eigenvalue weighted by Crippen LogP contribution is 2.14. The number of carbonyl (C=O) groups is 3. The number of ether oxygens (including phenoxy) is 3. The van der Waals surface area contributed by atoms with E-state index in [1.807, 2.05) is 32.0 Å². The SMILES string of the molecule is C=CCN(CC=C)C(=O)OCC(C)C.C=CCN(CC=C)C(=O)OCC(CC)CCCC.C=CCN(CC=C)C(=O)Oc1ccccc1. The first-order valence-corrected chi connectivity index (χ1v) is 16.6. The number of nitrogens with zero attached hydrogens (tertiary/aromatic N) is 3. The van der Waals surface area contributed by atoms with Gasteiger partial charge < -0.3 is 28.9 Å². The summed E-state index contributed by atoms with van der Waals surface area (Å²) in [6.45, 7) is 33.7. The van der Waals surface area contributed by atoms with Crippen LogP contribution in [0, 0.1) is 11.8 Å². The summed E-state index contributed by atoms with van der Waals surface area (Å²) in [5, 5.41) is 0. The minimum atomic E-state index is -0.397. The zero-order valence-electron chi connectivity index (χ0n) is 30.0. The second-order valence-electron chi connectivity index (χ2n) is 11.1. The Morgan fingerprint density at radius 3 is 1.40 bits per heavy atom. The van der Waals surface area contributed by atoms with E-state index in [1.54, 1.807) is 58.4 Å². The second-order valence-corrected chi connectivity index (χ2v) is 11.1. The van der Waals surface area contributed by atoms with Crippen LogP contribution in [-0.4, -0.2) is 85.5 Å². The zero-order chi connectivity index (χ0) is 36.6. The molecule has 1 rings (SSSR count). The van der Waals surface area contributed by atoms with E-state index in [0.29, 0.717) is 70.1 Å². The first kappa shape index (κ1) is 45.6. The number of para-hydroxylation sites is 1. The van der Waals surface area contributed by atoms with Crippen LogP contribution >= 0.6 is 0 Å². The molecule has 0 saturated carbocycles. The molecule has 0 fully saturated rings. The topological polar surface area (TPSA) is 88.6 Å². The minimum absolute atomic E-state index is 0.273. The molecule has 0 saturated heterocycles. The van der Waals surface area contributed by atoms with Crippen LogP contribution in [-0.2, 0) is 9.47 Å². The Labute approximate surface area is 290 Å². The standard InChI is InChI=1S/C15H27NO2.C13H15NO2.C11H19NO2/c1-5-9-10-14(8-4)13-18-15(17)16(11-6-2)12-7-3;1-3-10-14(11-4-2)13(15)16-12-8-6-5-7-9-12;1-5-7-12(8-6-2)11(13)14-9-10(3)4/h6-7,14H,2-3,5,8-13H2,1,4H3;3-9H,1-2,10-11H2;5-6,10H,1-2,7-9H2,3-4H3. The molecular weight excluding hydrogens is 606 g/mol. The van der Waals surface area contributed by atoms with Crippen molar-refractivity contribution in [2.45, 2.75) is 53.4 Å². The van der Waals surface area contributed by atoms with E-state index in [1.165, 1.54) is 17.7 Å². The Morgan fingerprint density at radius 1 is 0.646 bits per heavy atom. The zero-order valence-corrected chi connectivity index (χ0v) is 30.0. The lowest BCUT2D eigenvalue weighted by atomic mass is 10.0. The van der Waals surface area contributed by atoms with Crippen molar-refractivity contribution in [2.75, 3.05) is 52.5 Å². The first-order chi connectivity index (χ1) is 23.1. The molecule has 0 spiro atoms. The lowest BCUT2D eigenvalue weighted by molar-refractivity contribution is 0.0912. The number of benzene rings is 1. The number of carbonyl (C=O) groups excluding carboxylic acids is 3. The minimum Gasteiger partial charge on any atom is -0.449 e. The van der Waals surface area contributed by atoms with Crippen LogP contribution in [0.25, 0.3) is 0 Å². The van der Waals surface area contributed by atoms with Crippen LogP contribution in [0.3, 0.4) is 0 Å². The fourth-order valence-corrected chi connectivity index (χ4v) is 3.77. The molecule has 0 aromatic heterocycles. The van der Waals surface area contributed by atoms with Crippen molar-refractivity contribution >= 4 is 18.3 Å². The van der Waals surface area contributed by atoms with E-state index >= 15 is 0 Å². The van der Waals surface area contributed by atoms with E-state index in [0.717, 1.165) is 12.8 Å². The fourth-order valence-electron chi connectivity index (χ4n) is 3.77. The average molecular weight is 668 g/mol. The van der Waals surface area contributed by atoms with Gasteiger partial charge in [0.2, 0.25) is 0 Å². The highest BCUT2D eigenvalue weighted by atomic mass is 16.6. The van der Waals surface area contributed by atoms with Crippen LogP contribution in [0.2, 0.25) is 0 Å². The maximum atomic E-state index is 11.8. The molecule has 0 N–H and O–H groups in total. The van der Waals surface area contributed by atoms with Gasteiger partial charge in [0.1, 0.15) is 5.75 Å². The van der Waals surface area contributed by atoms with Crippen LogP contribution in [0.1, 0.15) is 53.4 Å². The molecule has 0 aliphatic heterocycles. The van der Waals surface area contributed by atoms with Crippen LogP contribution in [0.15, 0.2) is 106 Å². The summed E-state index contributed by atoms with van der Waals surface area (Å²) in [6.07, 6.45) is 13.6. The molecule has 0 aliphatic rings. The van der Waals surface area contributed by atoms with Crippen molar-refractivity contribution in [2.24, 2.45) is 11.8 Å². The van der Waals surface area contributed by atoms with Crippen molar-refractivity contribution < 1.29 is 28.6 Å². The van der Waals surface area contributed by atoms with Gasteiger partial charge in [-0.25, -0.2) is 14.4 Å². The molecule has 1 aromatic carbocycles. The van der Waals surface area contributed by atoms with Gasteiger partial charge in [0.05, 0.1) is 13.2 Å². The van der Waals surface area contributed by atoms with E-state index in [2.05, 4.69) is 53.3 Å². The molecule has 48 heavy (non-hydrogen) atoms. The second kappa shape index (κ2) is 31.1. The smallest absolute Gasteiger partial charge is 0.415 e. The normalized spacial score (nSPS) is 10.3. The van der Waals surface area contributed by atoms with Crippen molar-refractivity contribution in [3.8, 4) is 5.75 Å². The van der Waals surface area contributed by atoms with E-state index in [9.17, 15) is 14.4 Å². The average Bonchev–Trinajstić information content (AvgIpc) is 3.08. The number of hydrogen-bond acceptors (Lipinski definition) is 6. The molecule has 1 unspecified atom stereocenters. The Hall–Kier alpha value is -4.53. The Kier molecular flexibility index (Phi) is 29.5. The maximum Gasteiger partial charge on any atom is 0.415 e. The van der Waals surface area contributed by atoms with Crippen molar-refractivity contribution in [3.05, 3.63) is 106 Å². The number of amides is 3. The van der Waals surface area contributed by atoms with Gasteiger partial charge in [-0.2, -0.15) is 0 Å². The van der Waals surface area contributed by atoms with Gasteiger partial charge in [-0.3, -0.25) is 0 Å². The molecule has 9 nitrogen and oxygen atoms in total. The van der Waals surface area contributed by atoms with Crippen LogP contribution < -0.4 is 4.74 Å². The summed E-state index contributed by atoms with van der Waals surface area (Å²) < 4.78 is 15.6. The molecule has 0 aliphatic carbocycles. The third kappa shape index (κ3) is 23.8. The predicted molar refractivity (Wildman–Crippen MR) is 199 cm³/mol. The van der Waals surface area contributed by atoms with Crippen LogP contribution in [0.5, 0.6) is 5.75 Å². The van der Waals surface area contributed by atoms with E-state index < -0.39 is 6.09 Å². The summed E-state index contributed by atoms with van der Waals surface area (Å²) in [7, 11) is 0. The molecule has 268 valence electrons. The van der Waals surface area contributed by atoms with Gasteiger partial charge in [-0.15, -0.1) is 39.5 Å². The Bertz CT molecular complexity index is 1040. The van der Waals surface area contributed by atoms with Gasteiger partial charge in [0, 0.05) is 39.3 Å². The summed E-state index contributed by atoms with van der Waals surface area (Å²) in [4.78, 5) is 39.6. The monoisotopic (exact) mass is 667 g/mol. The lowest BCUT2D eigenvalue weighted by Crippen LogP contribution is -2.33. The molecule has 1 atom stereocenters. The number of rotatable bonds is 21. The van der Waals surface area contributed by atoms with Gasteiger partial charge in [0.15, 0.2) is 0 Å². The highest BCUT2D eigenvalue weighted by Gasteiger charge is 2.15. The van der Waals surface area contributed by atoms with Crippen molar-refractivity contribution in [3.63, 3.8) is 0 Å². The highest BCUT2D eigenvalue weighted by molar-refractivity contribution is 5.71. The van der Waals surface area contributed by atoms with Gasteiger partial charge >= 0.3 is 18.3 Å². The third-order valence-corrected chi connectivity index (χ3v) is 6.35. The Morgan fingerprint density at radius 2 is 1.04 bits per heavy atom. The molecular formula is C39H61N3O6. The molecule has 0 bridgehead atoms. The van der Waals surface area contributed by atoms with Gasteiger partial charge in [-0.05, 0) is 30.4 Å². The molecule has 3 amide bonds. The number of unbranched alkanes of at least 4 members (excludes halogenated alkanes) is 1. The predicted octanol–water partition coefficient (Wildman–Crippen LogP) is 9.33. The molecule has 0 heterocycles. The molecule has 0 radical (unpaired) electrons. The molecule has 9 heteroatoms.